The molecule has 0 bridgehead atoms. The second kappa shape index (κ2) is 27.7. The zero-order valence-corrected chi connectivity index (χ0v) is 33.0. The maximum Gasteiger partial charge on any atom is 1.00 e. The summed E-state index contributed by atoms with van der Waals surface area (Å²) < 4.78 is 53.1. The van der Waals surface area contributed by atoms with E-state index >= 15 is 0 Å². The molecule has 0 saturated heterocycles. The number of anilines is 5. The molecule has 0 aliphatic rings. The summed E-state index contributed by atoms with van der Waals surface area (Å²) in [7, 11) is 0. The van der Waals surface area contributed by atoms with Crippen LogP contribution >= 0.6 is 11.6 Å². The number of carbonyl (C=O) groups is 3. The van der Waals surface area contributed by atoms with E-state index < -0.39 is 35.8 Å². The van der Waals surface area contributed by atoms with Crippen molar-refractivity contribution in [2.24, 2.45) is 0 Å². The number of pyridine rings is 3. The largest absolute Gasteiger partial charge is 1.00 e. The van der Waals surface area contributed by atoms with Gasteiger partial charge in [-0.25, -0.2) is 59.2 Å². The van der Waals surface area contributed by atoms with Crippen molar-refractivity contribution in [2.75, 3.05) is 36.2 Å². The number of halogens is 4. The van der Waals surface area contributed by atoms with Crippen LogP contribution in [0.2, 0.25) is 5.15 Å². The minimum Gasteiger partial charge on any atom is -0.870 e. The number of nitrogens with one attached hydrogen (secondary N) is 2. The minimum absolute atomic E-state index is 0. The van der Waals surface area contributed by atoms with Crippen LogP contribution in [0.5, 0.6) is 0 Å². The Morgan fingerprint density at radius 1 is 0.583 bits per heavy atom. The summed E-state index contributed by atoms with van der Waals surface area (Å²) in [4.78, 5) is 67.0. The number of nitrogen functional groups attached to an aromatic ring is 1. The van der Waals surface area contributed by atoms with Gasteiger partial charge in [-0.1, -0.05) is 11.6 Å². The number of carbonyl (C=O) groups excluding carboxylic acids is 3. The summed E-state index contributed by atoms with van der Waals surface area (Å²) in [5, 5.41) is 5.66. The van der Waals surface area contributed by atoms with Gasteiger partial charge in [-0.2, -0.15) is 13.2 Å². The van der Waals surface area contributed by atoms with Gasteiger partial charge in [0.05, 0.1) is 36.9 Å². The van der Waals surface area contributed by atoms with Gasteiger partial charge < -0.3 is 36.1 Å². The second-order valence-corrected chi connectivity index (χ2v) is 10.7. The molecule has 0 atom stereocenters. The van der Waals surface area contributed by atoms with E-state index in [9.17, 15) is 27.6 Å². The fourth-order valence-corrected chi connectivity index (χ4v) is 3.91. The number of nitrogens with zero attached hydrogens (tertiary/aromatic N) is 9. The Morgan fingerprint density at radius 3 is 1.28 bits per heavy atom. The standard InChI is InChI=1S/2C12H11FN4O2.C7H7ClN2O2.C5H5FN2.Li.H2O/c2*1-2-19-12(18)9-6-10(16-7-15-9)17-8-4-3-5-14-11(8)13;1-2-12-7(11)5-3-6(8)10-4-9-5;6-5-4(7)2-1-3-8-5;;/h2*3-7H,2H2,1H3,(H,15,16,17);3-4H,2H2,1H3;1-3H,7H2;;1H2/q;;;;+1;/p-1. The predicted molar refractivity (Wildman–Crippen MR) is 204 cm³/mol. The Hall–Kier alpha value is -6.86. The van der Waals surface area contributed by atoms with Gasteiger partial charge in [-0.3, -0.25) is 0 Å². The Labute approximate surface area is 357 Å². The number of hydrogen-bond donors (Lipinski definition) is 3. The molecule has 6 rings (SSSR count). The number of rotatable bonds is 10. The van der Waals surface area contributed by atoms with Crippen molar-refractivity contribution in [1.29, 1.82) is 0 Å². The van der Waals surface area contributed by atoms with Crippen molar-refractivity contribution in [3.8, 4) is 0 Å². The molecule has 0 aliphatic heterocycles. The Morgan fingerprint density at radius 2 is 0.950 bits per heavy atom. The number of ether oxygens (including phenoxy) is 3. The minimum atomic E-state index is -0.654. The van der Waals surface area contributed by atoms with E-state index in [-0.39, 0.29) is 88.5 Å². The molecule has 6 heterocycles. The van der Waals surface area contributed by atoms with Gasteiger partial charge in [-0.15, -0.1) is 0 Å². The molecule has 19 nitrogen and oxygen atoms in total. The molecule has 0 aromatic carbocycles. The number of nitrogens with two attached hydrogens (primary N) is 1. The molecule has 0 amide bonds. The van der Waals surface area contributed by atoms with Crippen LogP contribution in [0.25, 0.3) is 0 Å². The van der Waals surface area contributed by atoms with Crippen molar-refractivity contribution < 1.29 is 66.1 Å². The van der Waals surface area contributed by atoms with Crippen LogP contribution in [0.4, 0.5) is 41.9 Å². The SMILES string of the molecule is CCOC(=O)c1cc(Cl)ncn1.CCOC(=O)c1cc(Nc2cccnc2F)ncn1.CCOC(=O)c1cc(Nc2cccnc2F)ncn1.Nc1cccnc1F.[Li+].[OH-]. The average molecular weight is 847 g/mol. The first-order valence-corrected chi connectivity index (χ1v) is 17.1. The Kier molecular flexibility index (Phi) is 23.6. The van der Waals surface area contributed by atoms with E-state index in [1.165, 1.54) is 74.0 Å². The van der Waals surface area contributed by atoms with E-state index in [1.54, 1.807) is 39.0 Å². The van der Waals surface area contributed by atoms with Crippen LogP contribution in [0, 0.1) is 17.8 Å². The summed E-state index contributed by atoms with van der Waals surface area (Å²) in [5.41, 5.74) is 5.88. The first-order chi connectivity index (χ1) is 27.9. The second-order valence-electron chi connectivity index (χ2n) is 10.3. The van der Waals surface area contributed by atoms with Crippen molar-refractivity contribution in [3.63, 3.8) is 0 Å². The first-order valence-electron chi connectivity index (χ1n) is 16.7. The number of aromatic nitrogens is 9. The Bertz CT molecular complexity index is 2150. The van der Waals surface area contributed by atoms with Crippen LogP contribution in [0.3, 0.4) is 0 Å². The number of hydrogen-bond acceptors (Lipinski definition) is 19. The normalized spacial score (nSPS) is 9.45. The third-order valence-electron chi connectivity index (χ3n) is 6.25. The maximum absolute atomic E-state index is 13.3. The summed E-state index contributed by atoms with van der Waals surface area (Å²) in [6, 6.07) is 13.3. The molecule has 0 fully saturated rings. The van der Waals surface area contributed by atoms with Crippen LogP contribution in [0.1, 0.15) is 52.2 Å². The van der Waals surface area contributed by atoms with Crippen molar-refractivity contribution in [2.45, 2.75) is 20.8 Å². The first kappa shape index (κ1) is 51.2. The number of esters is 3. The molecular weight excluding hydrogens is 812 g/mol. The molecule has 5 N–H and O–H groups in total. The topological polar surface area (TPSA) is 275 Å². The fourth-order valence-electron chi connectivity index (χ4n) is 3.77. The van der Waals surface area contributed by atoms with Gasteiger partial charge in [0.2, 0.25) is 17.8 Å². The third-order valence-corrected chi connectivity index (χ3v) is 6.46. The molecular formula is C36H35ClF3LiN12O7. The van der Waals surface area contributed by atoms with E-state index in [1.807, 2.05) is 0 Å². The zero-order valence-electron chi connectivity index (χ0n) is 32.3. The maximum atomic E-state index is 13.3. The van der Waals surface area contributed by atoms with Crippen molar-refractivity contribution >= 4 is 58.2 Å². The fraction of sp³-hybridized carbons (Fsp3) is 0.167. The van der Waals surface area contributed by atoms with Crippen LogP contribution < -0.4 is 35.2 Å². The van der Waals surface area contributed by atoms with Gasteiger partial charge in [0.15, 0.2) is 17.1 Å². The molecule has 24 heteroatoms. The van der Waals surface area contributed by atoms with E-state index in [0.717, 1.165) is 0 Å². The van der Waals surface area contributed by atoms with Gasteiger partial charge in [0.1, 0.15) is 35.8 Å². The molecule has 60 heavy (non-hydrogen) atoms. The van der Waals surface area contributed by atoms with Crippen LogP contribution in [-0.2, 0) is 14.2 Å². The molecule has 0 saturated carbocycles. The molecule has 0 spiro atoms. The molecule has 6 aromatic heterocycles. The molecule has 0 unspecified atom stereocenters. The quantitative estimate of drug-likeness (QED) is 0.0588. The summed E-state index contributed by atoms with van der Waals surface area (Å²) in [6.45, 7) is 5.94. The van der Waals surface area contributed by atoms with Crippen LogP contribution in [0.15, 0.2) is 92.2 Å². The average Bonchev–Trinajstić information content (AvgIpc) is 3.22. The summed E-state index contributed by atoms with van der Waals surface area (Å²) in [6.07, 6.45) is 7.64. The summed E-state index contributed by atoms with van der Waals surface area (Å²) >= 11 is 5.53. The van der Waals surface area contributed by atoms with Gasteiger partial charge >= 0.3 is 36.8 Å². The molecule has 6 aromatic rings. The van der Waals surface area contributed by atoms with Gasteiger partial charge in [-0.05, 0) is 57.2 Å². The predicted octanol–water partition coefficient (Wildman–Crippen LogP) is 2.80. The molecule has 0 radical (unpaired) electrons. The monoisotopic (exact) mass is 846 g/mol. The van der Waals surface area contributed by atoms with Gasteiger partial charge in [0.25, 0.3) is 0 Å². The molecule has 0 aliphatic carbocycles. The van der Waals surface area contributed by atoms with Crippen LogP contribution in [-0.4, -0.2) is 88.1 Å². The van der Waals surface area contributed by atoms with E-state index in [2.05, 4.69) is 55.5 Å². The zero-order chi connectivity index (χ0) is 42.3. The smallest absolute Gasteiger partial charge is 0.870 e. The van der Waals surface area contributed by atoms with E-state index in [0.29, 0.717) is 6.61 Å². The Balaban J connectivity index is 0.000000414. The van der Waals surface area contributed by atoms with E-state index in [4.69, 9.17) is 31.5 Å². The third kappa shape index (κ3) is 17.7. The van der Waals surface area contributed by atoms with Crippen molar-refractivity contribution in [1.82, 2.24) is 44.9 Å². The molecule has 310 valence electrons. The summed E-state index contributed by atoms with van der Waals surface area (Å²) in [5.74, 6) is -2.94. The van der Waals surface area contributed by atoms with Crippen molar-refractivity contribution in [3.05, 3.63) is 132 Å². The van der Waals surface area contributed by atoms with Gasteiger partial charge in [0, 0.05) is 36.8 Å².